The summed E-state index contributed by atoms with van der Waals surface area (Å²) in [5, 5.41) is 0. The zero-order valence-electron chi connectivity index (χ0n) is 14.6. The number of rotatable bonds is 3. The van der Waals surface area contributed by atoms with E-state index in [1.165, 1.54) is 5.56 Å². The van der Waals surface area contributed by atoms with Crippen LogP contribution < -0.4 is 10.5 Å². The van der Waals surface area contributed by atoms with Crippen LogP contribution in [0.25, 0.3) is 11.1 Å². The number of benzene rings is 1. The van der Waals surface area contributed by atoms with Crippen molar-refractivity contribution in [2.45, 2.75) is 19.4 Å². The summed E-state index contributed by atoms with van der Waals surface area (Å²) in [7, 11) is 1.82. The maximum atomic E-state index is 12.2. The smallest absolute Gasteiger partial charge is 0.250 e. The molecule has 0 fully saturated rings. The number of carbonyl (C=O) groups is 1. The van der Waals surface area contributed by atoms with Crippen molar-refractivity contribution >= 4 is 11.6 Å². The van der Waals surface area contributed by atoms with E-state index in [2.05, 4.69) is 11.1 Å². The van der Waals surface area contributed by atoms with E-state index in [9.17, 15) is 9.59 Å². The molecule has 26 heavy (non-hydrogen) atoms. The molecule has 3 heterocycles. The molecular weight excluding hydrogens is 326 g/mol. The van der Waals surface area contributed by atoms with Crippen LogP contribution >= 0.6 is 0 Å². The second-order valence-corrected chi connectivity index (χ2v) is 6.51. The summed E-state index contributed by atoms with van der Waals surface area (Å²) in [6, 6.07) is 13.3. The molecule has 4 rings (SSSR count). The third-order valence-corrected chi connectivity index (χ3v) is 4.80. The van der Waals surface area contributed by atoms with Crippen LogP contribution in [0.15, 0.2) is 65.8 Å². The van der Waals surface area contributed by atoms with Gasteiger partial charge in [-0.2, -0.15) is 0 Å². The van der Waals surface area contributed by atoms with E-state index in [0.29, 0.717) is 13.0 Å². The first-order valence-electron chi connectivity index (χ1n) is 8.62. The Morgan fingerprint density at radius 1 is 1.04 bits per heavy atom. The summed E-state index contributed by atoms with van der Waals surface area (Å²) in [5.74, 6) is 0.130. The molecule has 0 unspecified atom stereocenters. The molecule has 0 spiro atoms. The number of carbonyl (C=O) groups excluding carboxylic acids is 1. The maximum Gasteiger partial charge on any atom is 0.250 e. The number of aromatic nitrogens is 2. The van der Waals surface area contributed by atoms with E-state index in [0.717, 1.165) is 28.8 Å². The van der Waals surface area contributed by atoms with E-state index in [-0.39, 0.29) is 11.5 Å². The van der Waals surface area contributed by atoms with Crippen molar-refractivity contribution in [1.29, 1.82) is 0 Å². The Morgan fingerprint density at radius 3 is 2.77 bits per heavy atom. The number of hydrogen-bond acceptors (Lipinski definition) is 3. The molecule has 0 radical (unpaired) electrons. The van der Waals surface area contributed by atoms with Crippen LogP contribution in [-0.2, 0) is 17.8 Å². The highest BCUT2D eigenvalue weighted by atomic mass is 16.2. The summed E-state index contributed by atoms with van der Waals surface area (Å²) in [4.78, 5) is 30.2. The predicted octanol–water partition coefficient (Wildman–Crippen LogP) is 2.87. The number of fused-ring (bicyclic) bond motifs is 1. The monoisotopic (exact) mass is 345 g/mol. The highest BCUT2D eigenvalue weighted by molar-refractivity contribution is 6.00. The normalized spacial score (nSPS) is 13.6. The maximum absolute atomic E-state index is 12.2. The van der Waals surface area contributed by atoms with Gasteiger partial charge in [-0.05, 0) is 29.7 Å². The van der Waals surface area contributed by atoms with Gasteiger partial charge in [0, 0.05) is 49.3 Å². The molecule has 3 aromatic rings. The molecule has 2 aromatic heterocycles. The number of amides is 1. The lowest BCUT2D eigenvalue weighted by molar-refractivity contribution is -0.118. The molecule has 0 saturated carbocycles. The minimum atomic E-state index is -0.0414. The highest BCUT2D eigenvalue weighted by Crippen LogP contribution is 2.37. The molecule has 130 valence electrons. The first-order valence-corrected chi connectivity index (χ1v) is 8.62. The number of anilines is 1. The first kappa shape index (κ1) is 16.3. The Kier molecular flexibility index (Phi) is 4.13. The van der Waals surface area contributed by atoms with Crippen molar-refractivity contribution in [3.8, 4) is 11.1 Å². The Labute approximate surface area is 151 Å². The van der Waals surface area contributed by atoms with Crippen molar-refractivity contribution in [1.82, 2.24) is 9.55 Å². The average Bonchev–Trinajstić information content (AvgIpc) is 2.66. The molecule has 0 aliphatic carbocycles. The van der Waals surface area contributed by atoms with E-state index in [4.69, 9.17) is 0 Å². The highest BCUT2D eigenvalue weighted by Gasteiger charge is 2.24. The summed E-state index contributed by atoms with van der Waals surface area (Å²) in [6.07, 6.45) is 6.65. The Bertz CT molecular complexity index is 1040. The number of para-hydroxylation sites is 1. The fraction of sp³-hybridized carbons (Fsp3) is 0.190. The molecule has 0 bridgehead atoms. The lowest BCUT2D eigenvalue weighted by Crippen LogP contribution is -2.31. The van der Waals surface area contributed by atoms with Crippen molar-refractivity contribution in [3.05, 3.63) is 82.5 Å². The van der Waals surface area contributed by atoms with E-state index >= 15 is 0 Å². The molecule has 1 amide bonds. The molecule has 5 heteroatoms. The molecule has 0 atom stereocenters. The molecule has 1 aromatic carbocycles. The second kappa shape index (κ2) is 6.59. The van der Waals surface area contributed by atoms with Gasteiger partial charge in [-0.1, -0.05) is 24.3 Å². The predicted molar refractivity (Wildman–Crippen MR) is 101 cm³/mol. The second-order valence-electron chi connectivity index (χ2n) is 6.51. The number of pyridine rings is 2. The van der Waals surface area contributed by atoms with Crippen LogP contribution in [-0.4, -0.2) is 22.5 Å². The Hall–Kier alpha value is -3.21. The zero-order valence-corrected chi connectivity index (χ0v) is 14.6. The largest absolute Gasteiger partial charge is 0.315 e. The number of hydrogen-bond donors (Lipinski definition) is 0. The van der Waals surface area contributed by atoms with Gasteiger partial charge in [0.15, 0.2) is 0 Å². The Balaban J connectivity index is 1.75. The number of aryl methyl sites for hydroxylation is 1. The van der Waals surface area contributed by atoms with Crippen LogP contribution in [0.4, 0.5) is 5.69 Å². The topological polar surface area (TPSA) is 55.2 Å². The van der Waals surface area contributed by atoms with Gasteiger partial charge in [0.2, 0.25) is 5.91 Å². The molecule has 1 aliphatic rings. The van der Waals surface area contributed by atoms with Crippen molar-refractivity contribution in [2.24, 2.45) is 0 Å². The molecule has 0 saturated heterocycles. The van der Waals surface area contributed by atoms with Crippen LogP contribution in [0.2, 0.25) is 0 Å². The molecule has 1 aliphatic heterocycles. The van der Waals surface area contributed by atoms with Gasteiger partial charge in [-0.25, -0.2) is 0 Å². The van der Waals surface area contributed by atoms with Gasteiger partial charge in [0.05, 0.1) is 12.2 Å². The summed E-state index contributed by atoms with van der Waals surface area (Å²) in [5.41, 5.74) is 4.98. The minimum absolute atomic E-state index is 0.0414. The van der Waals surface area contributed by atoms with E-state index in [1.807, 2.05) is 31.3 Å². The first-order chi connectivity index (χ1) is 12.6. The fourth-order valence-electron chi connectivity index (χ4n) is 3.47. The molecular formula is C21H19N3O2. The average molecular weight is 345 g/mol. The van der Waals surface area contributed by atoms with Crippen LogP contribution in [0.3, 0.4) is 0 Å². The van der Waals surface area contributed by atoms with Gasteiger partial charge in [0.25, 0.3) is 5.56 Å². The summed E-state index contributed by atoms with van der Waals surface area (Å²) >= 11 is 0. The van der Waals surface area contributed by atoms with Gasteiger partial charge in [-0.15, -0.1) is 0 Å². The van der Waals surface area contributed by atoms with Gasteiger partial charge in [0.1, 0.15) is 0 Å². The Morgan fingerprint density at radius 2 is 1.92 bits per heavy atom. The third-order valence-electron chi connectivity index (χ3n) is 4.80. The SMILES string of the molecule is CN1C(=O)CCc2cccc(-c3cncc(Cn4ccccc4=O)c3)c21. The standard InChI is InChI=1S/C21H19N3O2/c1-23-19(25)9-8-16-5-4-6-18(21(16)23)17-11-15(12-22-13-17)14-24-10-3-2-7-20(24)26/h2-7,10-13H,8-9,14H2,1H3. The molecule has 5 nitrogen and oxygen atoms in total. The number of nitrogens with zero attached hydrogens (tertiary/aromatic N) is 3. The van der Waals surface area contributed by atoms with Crippen molar-refractivity contribution in [3.63, 3.8) is 0 Å². The van der Waals surface area contributed by atoms with Gasteiger partial charge < -0.3 is 9.47 Å². The van der Waals surface area contributed by atoms with Crippen molar-refractivity contribution in [2.75, 3.05) is 11.9 Å². The van der Waals surface area contributed by atoms with Crippen LogP contribution in [0.1, 0.15) is 17.5 Å². The quantitative estimate of drug-likeness (QED) is 0.733. The lowest BCUT2D eigenvalue weighted by Gasteiger charge is -2.28. The van der Waals surface area contributed by atoms with Crippen molar-refractivity contribution < 1.29 is 4.79 Å². The molecule has 0 N–H and O–H groups in total. The van der Waals surface area contributed by atoms with Gasteiger partial charge in [-0.3, -0.25) is 14.6 Å². The lowest BCUT2D eigenvalue weighted by atomic mass is 9.94. The fourth-order valence-corrected chi connectivity index (χ4v) is 3.47. The summed E-state index contributed by atoms with van der Waals surface area (Å²) in [6.45, 7) is 0.463. The zero-order chi connectivity index (χ0) is 18.1. The van der Waals surface area contributed by atoms with E-state index in [1.54, 1.807) is 40.2 Å². The van der Waals surface area contributed by atoms with Crippen LogP contribution in [0.5, 0.6) is 0 Å². The third kappa shape index (κ3) is 2.92. The minimum Gasteiger partial charge on any atom is -0.315 e. The van der Waals surface area contributed by atoms with Gasteiger partial charge >= 0.3 is 0 Å². The van der Waals surface area contributed by atoms with Crippen LogP contribution in [0, 0.1) is 0 Å². The summed E-state index contributed by atoms with van der Waals surface area (Å²) < 4.78 is 1.65. The van der Waals surface area contributed by atoms with E-state index < -0.39 is 0 Å².